The summed E-state index contributed by atoms with van der Waals surface area (Å²) in [5.41, 5.74) is 8.77. The lowest BCUT2D eigenvalue weighted by Crippen LogP contribution is -2.32. The molecular weight excluding hydrogens is 358 g/mol. The number of aromatic nitrogens is 4. The first-order valence-corrected chi connectivity index (χ1v) is 8.66. The Morgan fingerprint density at radius 1 is 1.11 bits per heavy atom. The second kappa shape index (κ2) is 6.31. The van der Waals surface area contributed by atoms with E-state index in [2.05, 4.69) is 20.1 Å². The average Bonchev–Trinajstić information content (AvgIpc) is 3.06. The number of ether oxygens (including phenoxy) is 1. The van der Waals surface area contributed by atoms with Gasteiger partial charge in [0.15, 0.2) is 5.84 Å². The number of hydrogen-bond acceptors (Lipinski definition) is 7. The van der Waals surface area contributed by atoms with Gasteiger partial charge in [-0.15, -0.1) is 0 Å². The van der Waals surface area contributed by atoms with E-state index < -0.39 is 0 Å². The third-order valence-electron chi connectivity index (χ3n) is 4.61. The summed E-state index contributed by atoms with van der Waals surface area (Å²) in [6.07, 6.45) is 8.60. The number of nitrogens with zero attached hydrogens (tertiary/aromatic N) is 6. The zero-order chi connectivity index (χ0) is 19.1. The second-order valence-corrected chi connectivity index (χ2v) is 6.27. The van der Waals surface area contributed by atoms with Crippen LogP contribution in [0.4, 0.5) is 11.5 Å². The van der Waals surface area contributed by atoms with Gasteiger partial charge in [0.2, 0.25) is 5.88 Å². The minimum atomic E-state index is -0.277. The van der Waals surface area contributed by atoms with Gasteiger partial charge in [-0.05, 0) is 17.7 Å². The van der Waals surface area contributed by atoms with Gasteiger partial charge in [-0.25, -0.2) is 19.6 Å². The predicted molar refractivity (Wildman–Crippen MR) is 103 cm³/mol. The van der Waals surface area contributed by atoms with Crippen molar-refractivity contribution in [1.29, 1.82) is 0 Å². The van der Waals surface area contributed by atoms with Crippen LogP contribution in [0.2, 0.25) is 0 Å². The third-order valence-corrected chi connectivity index (χ3v) is 4.61. The standard InChI is InChI=1S/C19H15N7O2/c20-17-16-18(23-11-22-17)28-8-7-25(19(16)27)14-3-1-12(2-4-14)13-9-24-26(10-13)15-5-6-21-15/h1-6,9-11H,7-8H2,(H2,20,22,23). The molecule has 9 heteroatoms. The van der Waals surface area contributed by atoms with Crippen molar-refractivity contribution in [3.8, 4) is 17.0 Å². The van der Waals surface area contributed by atoms with E-state index in [1.807, 2.05) is 36.5 Å². The zero-order valence-corrected chi connectivity index (χ0v) is 14.7. The third kappa shape index (κ3) is 2.60. The molecule has 0 atom stereocenters. The van der Waals surface area contributed by atoms with E-state index in [0.29, 0.717) is 13.2 Å². The maximum Gasteiger partial charge on any atom is 0.267 e. The summed E-state index contributed by atoms with van der Waals surface area (Å²) >= 11 is 0. The van der Waals surface area contributed by atoms with Gasteiger partial charge in [-0.2, -0.15) is 5.10 Å². The number of carbonyl (C=O) groups is 1. The first-order chi connectivity index (χ1) is 13.7. The fourth-order valence-electron chi connectivity index (χ4n) is 3.12. The van der Waals surface area contributed by atoms with E-state index >= 15 is 0 Å². The molecule has 0 unspecified atom stereocenters. The molecule has 9 nitrogen and oxygen atoms in total. The fraction of sp³-hybridized carbons (Fsp3) is 0.105. The molecule has 28 heavy (non-hydrogen) atoms. The Hall–Kier alpha value is -4.01. The van der Waals surface area contributed by atoms with Crippen molar-refractivity contribution < 1.29 is 9.53 Å². The molecule has 4 heterocycles. The summed E-state index contributed by atoms with van der Waals surface area (Å²) < 4.78 is 7.29. The molecular formula is C19H15N7O2. The maximum atomic E-state index is 13.0. The van der Waals surface area contributed by atoms with Gasteiger partial charge in [0.1, 0.15) is 24.3 Å². The Kier molecular flexibility index (Phi) is 3.64. The second-order valence-electron chi connectivity index (χ2n) is 6.27. The molecule has 0 bridgehead atoms. The van der Waals surface area contributed by atoms with Crippen molar-refractivity contribution in [1.82, 2.24) is 19.7 Å². The Labute approximate surface area is 159 Å². The molecule has 0 aliphatic carbocycles. The van der Waals surface area contributed by atoms with Gasteiger partial charge in [-0.1, -0.05) is 12.1 Å². The first kappa shape index (κ1) is 16.2. The molecule has 1 amide bonds. The first-order valence-electron chi connectivity index (χ1n) is 8.66. The molecule has 3 aromatic rings. The Morgan fingerprint density at radius 3 is 2.68 bits per heavy atom. The number of hydrogen-bond donors (Lipinski definition) is 1. The van der Waals surface area contributed by atoms with Crippen LogP contribution < -0.4 is 15.4 Å². The van der Waals surface area contributed by atoms with Crippen LogP contribution in [-0.4, -0.2) is 44.6 Å². The van der Waals surface area contributed by atoms with Crippen molar-refractivity contribution in [3.63, 3.8) is 0 Å². The fourth-order valence-corrected chi connectivity index (χ4v) is 3.12. The van der Waals surface area contributed by atoms with Gasteiger partial charge in [0.05, 0.1) is 12.7 Å². The molecule has 1 aromatic carbocycles. The van der Waals surface area contributed by atoms with E-state index in [1.54, 1.807) is 22.0 Å². The minimum Gasteiger partial charge on any atom is -0.475 e. The quantitative estimate of drug-likeness (QED) is 0.732. The molecule has 2 N–H and O–H groups in total. The molecule has 2 aromatic heterocycles. The van der Waals surface area contributed by atoms with Crippen molar-refractivity contribution >= 4 is 23.2 Å². The topological polar surface area (TPSA) is 112 Å². The summed E-state index contributed by atoms with van der Waals surface area (Å²) in [6.45, 7) is 0.706. The lowest BCUT2D eigenvalue weighted by Gasteiger charge is -2.20. The minimum absolute atomic E-state index is 0.110. The predicted octanol–water partition coefficient (Wildman–Crippen LogP) is 1.74. The maximum absolute atomic E-state index is 13.0. The SMILES string of the molecule is Nc1ncnc2c1C(=O)N(c1ccc(-c3cnn(C4=NC=C4)c3)cc1)CCO2. The van der Waals surface area contributed by atoms with Gasteiger partial charge in [0.25, 0.3) is 5.91 Å². The highest BCUT2D eigenvalue weighted by atomic mass is 16.5. The Balaban J connectivity index is 1.43. The largest absolute Gasteiger partial charge is 0.475 e. The highest BCUT2D eigenvalue weighted by Crippen LogP contribution is 2.29. The summed E-state index contributed by atoms with van der Waals surface area (Å²) in [4.78, 5) is 26.7. The Morgan fingerprint density at radius 2 is 1.93 bits per heavy atom. The van der Waals surface area contributed by atoms with Crippen LogP contribution in [0.15, 0.2) is 60.3 Å². The average molecular weight is 373 g/mol. The number of nitrogen functional groups attached to an aromatic ring is 1. The van der Waals surface area contributed by atoms with Gasteiger partial charge in [-0.3, -0.25) is 4.79 Å². The summed E-state index contributed by atoms with van der Waals surface area (Å²) in [5, 5.41) is 4.31. The Bertz CT molecular complexity index is 1130. The van der Waals surface area contributed by atoms with Gasteiger partial charge >= 0.3 is 0 Å². The van der Waals surface area contributed by atoms with Crippen molar-refractivity contribution in [2.24, 2.45) is 4.99 Å². The van der Waals surface area contributed by atoms with Gasteiger partial charge < -0.3 is 15.4 Å². The van der Waals surface area contributed by atoms with E-state index in [-0.39, 0.29) is 23.2 Å². The summed E-state index contributed by atoms with van der Waals surface area (Å²) in [6, 6.07) is 7.66. The van der Waals surface area contributed by atoms with Crippen LogP contribution in [0.1, 0.15) is 10.4 Å². The normalized spacial score (nSPS) is 15.4. The van der Waals surface area contributed by atoms with Crippen molar-refractivity contribution in [2.75, 3.05) is 23.8 Å². The summed E-state index contributed by atoms with van der Waals surface area (Å²) in [7, 11) is 0. The molecule has 5 rings (SSSR count). The van der Waals surface area contributed by atoms with Crippen molar-refractivity contribution in [2.45, 2.75) is 0 Å². The number of anilines is 2. The van der Waals surface area contributed by atoms with Crippen LogP contribution in [-0.2, 0) is 0 Å². The van der Waals surface area contributed by atoms with Crippen LogP contribution >= 0.6 is 0 Å². The molecule has 0 fully saturated rings. The number of carbonyl (C=O) groups excluding carboxylic acids is 1. The molecule has 0 saturated carbocycles. The van der Waals surface area contributed by atoms with E-state index in [4.69, 9.17) is 10.5 Å². The number of nitrogens with two attached hydrogens (primary N) is 1. The van der Waals surface area contributed by atoms with Crippen molar-refractivity contribution in [3.05, 3.63) is 60.8 Å². The van der Waals surface area contributed by atoms with Crippen LogP contribution in [0.3, 0.4) is 0 Å². The molecule has 0 radical (unpaired) electrons. The molecule has 138 valence electrons. The lowest BCUT2D eigenvalue weighted by atomic mass is 10.1. The number of aliphatic imine (C=N–C) groups is 1. The highest BCUT2D eigenvalue weighted by molar-refractivity contribution is 6.10. The molecule has 2 aliphatic rings. The molecule has 0 spiro atoms. The lowest BCUT2D eigenvalue weighted by molar-refractivity contribution is 0.0990. The van der Waals surface area contributed by atoms with E-state index in [1.165, 1.54) is 6.33 Å². The number of allylic oxidation sites excluding steroid dienone is 1. The van der Waals surface area contributed by atoms with Crippen LogP contribution in [0.25, 0.3) is 11.1 Å². The number of amides is 1. The van der Waals surface area contributed by atoms with E-state index in [0.717, 1.165) is 22.6 Å². The number of fused-ring (bicyclic) bond motifs is 1. The zero-order valence-electron chi connectivity index (χ0n) is 14.7. The molecule has 0 saturated heterocycles. The van der Waals surface area contributed by atoms with Crippen LogP contribution in [0.5, 0.6) is 5.88 Å². The number of rotatable bonds is 2. The molecule has 2 aliphatic heterocycles. The summed E-state index contributed by atoms with van der Waals surface area (Å²) in [5.74, 6) is 0.855. The number of benzene rings is 1. The van der Waals surface area contributed by atoms with E-state index in [9.17, 15) is 4.79 Å². The highest BCUT2D eigenvalue weighted by Gasteiger charge is 2.28. The van der Waals surface area contributed by atoms with Crippen LogP contribution in [0, 0.1) is 0 Å². The van der Waals surface area contributed by atoms with Gasteiger partial charge in [0, 0.05) is 29.7 Å². The smallest absolute Gasteiger partial charge is 0.267 e. The monoisotopic (exact) mass is 373 g/mol.